The molecule has 0 aromatic heterocycles. The van der Waals surface area contributed by atoms with E-state index in [4.69, 9.17) is 10.8 Å². The second-order valence-corrected chi connectivity index (χ2v) is 6.56. The Labute approximate surface area is 116 Å². The van der Waals surface area contributed by atoms with Crippen LogP contribution in [-0.4, -0.2) is 37.5 Å². The van der Waals surface area contributed by atoms with Gasteiger partial charge in [0.25, 0.3) is 0 Å². The molecule has 6 nitrogen and oxygen atoms in total. The maximum Gasteiger partial charge on any atom is 0.321 e. The van der Waals surface area contributed by atoms with Crippen LogP contribution in [0.5, 0.6) is 0 Å². The first-order valence-electron chi connectivity index (χ1n) is 5.46. The summed E-state index contributed by atoms with van der Waals surface area (Å²) < 4.78 is 26.2. The summed E-state index contributed by atoms with van der Waals surface area (Å²) in [6.45, 7) is 0. The maximum atomic E-state index is 12.0. The third-order valence-electron chi connectivity index (χ3n) is 2.40. The SMILES string of the molecule is CSCC[C@H](NS(=O)(=O)c1ccc(N)cc1)C(=O)O. The summed E-state index contributed by atoms with van der Waals surface area (Å²) in [7, 11) is -3.85. The lowest BCUT2D eigenvalue weighted by molar-refractivity contribution is -0.139. The van der Waals surface area contributed by atoms with Gasteiger partial charge in [-0.1, -0.05) is 0 Å². The van der Waals surface area contributed by atoms with E-state index in [9.17, 15) is 13.2 Å². The first-order chi connectivity index (χ1) is 8.86. The van der Waals surface area contributed by atoms with Crippen LogP contribution in [0.2, 0.25) is 0 Å². The lowest BCUT2D eigenvalue weighted by atomic mass is 10.2. The Hall–Kier alpha value is -1.25. The average molecular weight is 304 g/mol. The summed E-state index contributed by atoms with van der Waals surface area (Å²) in [5.74, 6) is -0.630. The van der Waals surface area contributed by atoms with Gasteiger partial charge in [-0.25, -0.2) is 8.42 Å². The van der Waals surface area contributed by atoms with Crippen molar-refractivity contribution in [2.45, 2.75) is 17.4 Å². The van der Waals surface area contributed by atoms with Crippen molar-refractivity contribution in [3.63, 3.8) is 0 Å². The number of rotatable bonds is 7. The molecule has 1 aromatic rings. The van der Waals surface area contributed by atoms with Crippen LogP contribution < -0.4 is 10.5 Å². The second kappa shape index (κ2) is 6.78. The Morgan fingerprint density at radius 1 is 1.42 bits per heavy atom. The van der Waals surface area contributed by atoms with E-state index in [1.807, 2.05) is 6.26 Å². The predicted molar refractivity (Wildman–Crippen MR) is 75.6 cm³/mol. The third kappa shape index (κ3) is 4.73. The second-order valence-electron chi connectivity index (χ2n) is 3.86. The molecule has 0 saturated carbocycles. The molecule has 0 fully saturated rings. The van der Waals surface area contributed by atoms with Crippen LogP contribution in [0.1, 0.15) is 6.42 Å². The van der Waals surface area contributed by atoms with Crippen LogP contribution in [0, 0.1) is 0 Å². The van der Waals surface area contributed by atoms with E-state index in [2.05, 4.69) is 4.72 Å². The number of nitrogen functional groups attached to an aromatic ring is 1. The minimum atomic E-state index is -3.85. The molecule has 0 aliphatic rings. The molecule has 1 rings (SSSR count). The first kappa shape index (κ1) is 15.8. The van der Waals surface area contributed by atoms with E-state index >= 15 is 0 Å². The van der Waals surface area contributed by atoms with Crippen LogP contribution in [-0.2, 0) is 14.8 Å². The highest BCUT2D eigenvalue weighted by molar-refractivity contribution is 7.98. The molecule has 106 valence electrons. The quantitative estimate of drug-likeness (QED) is 0.641. The van der Waals surface area contributed by atoms with E-state index in [0.717, 1.165) is 0 Å². The number of nitrogens with one attached hydrogen (secondary N) is 1. The molecule has 19 heavy (non-hydrogen) atoms. The van der Waals surface area contributed by atoms with Gasteiger partial charge in [0.1, 0.15) is 6.04 Å². The van der Waals surface area contributed by atoms with Gasteiger partial charge < -0.3 is 10.8 Å². The fourth-order valence-electron chi connectivity index (χ4n) is 1.37. The molecule has 0 aliphatic carbocycles. The molecule has 4 N–H and O–H groups in total. The molecule has 0 saturated heterocycles. The van der Waals surface area contributed by atoms with Crippen molar-refractivity contribution in [1.82, 2.24) is 4.72 Å². The van der Waals surface area contributed by atoms with E-state index in [1.165, 1.54) is 36.0 Å². The summed E-state index contributed by atoms with van der Waals surface area (Å²) in [6.07, 6.45) is 2.05. The molecule has 0 unspecified atom stereocenters. The zero-order valence-electron chi connectivity index (χ0n) is 10.4. The van der Waals surface area contributed by atoms with E-state index in [-0.39, 0.29) is 11.3 Å². The largest absolute Gasteiger partial charge is 0.480 e. The molecule has 0 radical (unpaired) electrons. The van der Waals surface area contributed by atoms with Gasteiger partial charge in [-0.3, -0.25) is 4.79 Å². The highest BCUT2D eigenvalue weighted by Crippen LogP contribution is 2.13. The number of hydrogen-bond donors (Lipinski definition) is 3. The van der Waals surface area contributed by atoms with Crippen molar-refractivity contribution in [3.05, 3.63) is 24.3 Å². The zero-order valence-corrected chi connectivity index (χ0v) is 12.0. The molecule has 0 amide bonds. The zero-order chi connectivity index (χ0) is 14.5. The smallest absolute Gasteiger partial charge is 0.321 e. The Balaban J connectivity index is 2.87. The Morgan fingerprint density at radius 2 is 2.00 bits per heavy atom. The number of carboxylic acid groups (broad SMARTS) is 1. The molecule has 1 aromatic carbocycles. The van der Waals surface area contributed by atoms with Crippen LogP contribution in [0.3, 0.4) is 0 Å². The molecule has 0 aliphatic heterocycles. The van der Waals surface area contributed by atoms with Gasteiger partial charge in [0.15, 0.2) is 0 Å². The number of nitrogens with two attached hydrogens (primary N) is 1. The Morgan fingerprint density at radius 3 is 2.47 bits per heavy atom. The van der Waals surface area contributed by atoms with Crippen molar-refractivity contribution in [1.29, 1.82) is 0 Å². The lowest BCUT2D eigenvalue weighted by Gasteiger charge is -2.14. The number of carboxylic acids is 1. The van der Waals surface area contributed by atoms with Crippen molar-refractivity contribution in [2.75, 3.05) is 17.7 Å². The maximum absolute atomic E-state index is 12.0. The molecular formula is C11H16N2O4S2. The summed E-state index contributed by atoms with van der Waals surface area (Å²) in [6, 6.07) is 4.45. The first-order valence-corrected chi connectivity index (χ1v) is 8.34. The Bertz CT molecular complexity index is 528. The molecule has 0 heterocycles. The molecule has 8 heteroatoms. The standard InChI is InChI=1S/C11H16N2O4S2/c1-18-7-6-10(11(14)15)13-19(16,17)9-4-2-8(12)3-5-9/h2-5,10,13H,6-7,12H2,1H3,(H,14,15)/t10-/m0/s1. The molecule has 1 atom stereocenters. The fraction of sp³-hybridized carbons (Fsp3) is 0.364. The summed E-state index contributed by atoms with van der Waals surface area (Å²) >= 11 is 1.46. The number of hydrogen-bond acceptors (Lipinski definition) is 5. The Kier molecular flexibility index (Phi) is 5.64. The lowest BCUT2D eigenvalue weighted by Crippen LogP contribution is -2.41. The number of carbonyl (C=O) groups is 1. The van der Waals surface area contributed by atoms with E-state index in [1.54, 1.807) is 0 Å². The number of aliphatic carboxylic acids is 1. The molecular weight excluding hydrogens is 288 g/mol. The van der Waals surface area contributed by atoms with Crippen molar-refractivity contribution < 1.29 is 18.3 Å². The fourth-order valence-corrected chi connectivity index (χ4v) is 3.07. The van der Waals surface area contributed by atoms with Crippen LogP contribution in [0.25, 0.3) is 0 Å². The van der Waals surface area contributed by atoms with Gasteiger partial charge in [0.05, 0.1) is 4.90 Å². The normalized spacial score (nSPS) is 13.1. The highest BCUT2D eigenvalue weighted by Gasteiger charge is 2.24. The van der Waals surface area contributed by atoms with Crippen molar-refractivity contribution >= 4 is 33.4 Å². The summed E-state index contributed by atoms with van der Waals surface area (Å²) in [5, 5.41) is 9.00. The van der Waals surface area contributed by atoms with Gasteiger partial charge in [-0.05, 0) is 42.7 Å². The number of sulfonamides is 1. The number of thioether (sulfide) groups is 1. The average Bonchev–Trinajstić information content (AvgIpc) is 2.34. The topological polar surface area (TPSA) is 109 Å². The summed E-state index contributed by atoms with van der Waals surface area (Å²) in [4.78, 5) is 11.0. The van der Waals surface area contributed by atoms with Gasteiger partial charge in [0.2, 0.25) is 10.0 Å². The third-order valence-corrected chi connectivity index (χ3v) is 4.53. The van der Waals surface area contributed by atoms with E-state index < -0.39 is 22.0 Å². The van der Waals surface area contributed by atoms with Crippen LogP contribution >= 0.6 is 11.8 Å². The van der Waals surface area contributed by atoms with Crippen molar-refractivity contribution in [3.8, 4) is 0 Å². The van der Waals surface area contributed by atoms with Gasteiger partial charge >= 0.3 is 5.97 Å². The number of anilines is 1. The summed E-state index contributed by atoms with van der Waals surface area (Å²) in [5.41, 5.74) is 5.91. The monoisotopic (exact) mass is 304 g/mol. The van der Waals surface area contributed by atoms with Gasteiger partial charge in [-0.2, -0.15) is 16.5 Å². The molecule has 0 bridgehead atoms. The van der Waals surface area contributed by atoms with Gasteiger partial charge in [-0.15, -0.1) is 0 Å². The predicted octanol–water partition coefficient (Wildman–Crippen LogP) is 0.753. The molecule has 0 spiro atoms. The minimum absolute atomic E-state index is 0.00268. The van der Waals surface area contributed by atoms with Crippen LogP contribution in [0.4, 0.5) is 5.69 Å². The highest BCUT2D eigenvalue weighted by atomic mass is 32.2. The minimum Gasteiger partial charge on any atom is -0.480 e. The number of benzene rings is 1. The van der Waals surface area contributed by atoms with E-state index in [0.29, 0.717) is 11.4 Å². The van der Waals surface area contributed by atoms with Crippen LogP contribution in [0.15, 0.2) is 29.2 Å². The van der Waals surface area contributed by atoms with Gasteiger partial charge in [0, 0.05) is 5.69 Å². The van der Waals surface area contributed by atoms with Crippen molar-refractivity contribution in [2.24, 2.45) is 0 Å².